The summed E-state index contributed by atoms with van der Waals surface area (Å²) in [5.41, 5.74) is 17.0. The van der Waals surface area contributed by atoms with Crippen molar-refractivity contribution in [3.63, 3.8) is 0 Å². The smallest absolute Gasteiger partial charge is 0.136 e. The molecule has 0 radical (unpaired) electrons. The van der Waals surface area contributed by atoms with Gasteiger partial charge in [0.2, 0.25) is 0 Å². The van der Waals surface area contributed by atoms with Gasteiger partial charge in [-0.1, -0.05) is 285 Å². The van der Waals surface area contributed by atoms with Crippen LogP contribution in [0.2, 0.25) is 0 Å². The normalized spacial score (nSPS) is 28.9. The highest BCUT2D eigenvalue weighted by Gasteiger charge is 2.50. The molecule has 16 atom stereocenters. The summed E-state index contributed by atoms with van der Waals surface area (Å²) in [6, 6.07) is 109. The monoisotopic (exact) mass is 1920 g/mol. The number of allylic oxidation sites excluding steroid dienone is 5. The summed E-state index contributed by atoms with van der Waals surface area (Å²) in [6.45, 7) is 19.1. The maximum Gasteiger partial charge on any atom is 0.136 e. The summed E-state index contributed by atoms with van der Waals surface area (Å²) in [4.78, 5) is 7.40. The minimum Gasteiger partial charge on any atom is -0.458 e. The highest BCUT2D eigenvalue weighted by Crippen LogP contribution is 2.52. The largest absolute Gasteiger partial charge is 0.458 e. The predicted molar refractivity (Wildman–Crippen MR) is 601 cm³/mol. The van der Waals surface area contributed by atoms with E-state index >= 15 is 0 Å². The molecule has 8 aliphatic heterocycles. The first-order chi connectivity index (χ1) is 71.2. The van der Waals surface area contributed by atoms with Crippen LogP contribution in [0.25, 0.3) is 115 Å². The van der Waals surface area contributed by atoms with Crippen molar-refractivity contribution >= 4 is 115 Å². The molecule has 3 saturated carbocycles. The van der Waals surface area contributed by atoms with E-state index in [1.54, 1.807) is 27.8 Å². The fourth-order valence-electron chi connectivity index (χ4n) is 29.0. The molecule has 32 rings (SSSR count). The zero-order valence-electron chi connectivity index (χ0n) is 84.8. The fourth-order valence-corrected chi connectivity index (χ4v) is 29.0. The summed E-state index contributed by atoms with van der Waals surface area (Å²) in [6.07, 6.45) is 25.7. The molecule has 145 heavy (non-hydrogen) atoms. The van der Waals surface area contributed by atoms with Gasteiger partial charge in [-0.05, 0) is 402 Å². The third kappa shape index (κ3) is 20.3. The molecular weight excluding hydrogens is 1770 g/mol. The van der Waals surface area contributed by atoms with Crippen LogP contribution in [0.15, 0.2) is 347 Å². The van der Waals surface area contributed by atoms with E-state index in [0.717, 1.165) is 180 Å². The molecule has 0 amide bonds. The number of aliphatic hydroxyl groups is 1. The van der Waals surface area contributed by atoms with E-state index in [0.29, 0.717) is 11.8 Å². The standard InChI is InChI=1S/C18H21N.C18H19N.C17H17N.C17H19N.C17H17N.C16H17NO.C15H17NO2.C15H15NO/c2*1-19-11-17-9-16(10-18(17)12-19)15-7-6-13-4-2-3-5-14(13)8-15;1-2-6-16-12(4-1)5-3-7-17(16)13-8-14-10-18-11-15(14)9-13;2*1-2-4-13-7-14(6-5-12(13)3-1)15-8-16-10-18-11-17(16)9-15;1-17-9-13-6-12(7-14(13)10-17)16-8-11-4-2-3-5-15(11)18-16;17-15(6-11-8-16-9-12(11)7-15)14-5-10-3-1-2-4-13(10)18-14;1-2-4-14-10(3-1)7-15(17-14)11-5-12-8-16-9-13(12)6-11/h2-8,16-18H,9-12H2,1H3;2-9,17-18H,10-12H2,1H3;1-8,14-15,18H,9-11H2;1-7,15-18H,8-11H2;1-8,16-18H,9-11H2;2-6,8,13-14H,7,9-10H2,1H3;1-5,11-12,16-17H,6-9H2;1-5,7,12-13,16H,6,8-9H2. The second-order valence-electron chi connectivity index (χ2n) is 46.2. The Bertz CT molecular complexity index is 7410. The molecule has 12 heteroatoms. The lowest BCUT2D eigenvalue weighted by atomic mass is 9.93. The van der Waals surface area contributed by atoms with Crippen LogP contribution >= 0.6 is 0 Å². The van der Waals surface area contributed by atoms with Crippen LogP contribution in [0.1, 0.15) is 128 Å². The summed E-state index contributed by atoms with van der Waals surface area (Å²) < 4.78 is 17.7. The van der Waals surface area contributed by atoms with Crippen molar-refractivity contribution in [3.05, 3.63) is 379 Å². The topological polar surface area (TPSA) is 130 Å². The Morgan fingerprint density at radius 2 is 0.586 bits per heavy atom. The Labute approximate surface area is 856 Å². The van der Waals surface area contributed by atoms with Crippen LogP contribution in [0.3, 0.4) is 0 Å². The van der Waals surface area contributed by atoms with Crippen molar-refractivity contribution < 1.29 is 18.4 Å². The maximum absolute atomic E-state index is 10.8. The summed E-state index contributed by atoms with van der Waals surface area (Å²) in [5.74, 6) is 17.3. The number of furan rings is 3. The molecule has 11 fully saturated rings. The number of rotatable bonds is 8. The van der Waals surface area contributed by atoms with Crippen LogP contribution in [0, 0.1) is 94.7 Å². The van der Waals surface area contributed by atoms with E-state index in [4.69, 9.17) is 13.3 Å². The van der Waals surface area contributed by atoms with E-state index in [1.807, 2.05) is 54.6 Å². The van der Waals surface area contributed by atoms with E-state index in [2.05, 4.69) is 342 Å². The molecule has 16 aliphatic rings. The van der Waals surface area contributed by atoms with Gasteiger partial charge in [0.05, 0.1) is 0 Å². The van der Waals surface area contributed by atoms with E-state index < -0.39 is 5.60 Å². The third-order valence-electron chi connectivity index (χ3n) is 36.5. The summed E-state index contributed by atoms with van der Waals surface area (Å²) >= 11 is 0. The number of likely N-dealkylation sites (tertiary alicyclic amines) is 3. The number of fused-ring (bicyclic) bond motifs is 16. The molecule has 13 aromatic carbocycles. The third-order valence-corrected chi connectivity index (χ3v) is 36.5. The average molecular weight is 1920 g/mol. The van der Waals surface area contributed by atoms with Crippen molar-refractivity contribution in [2.24, 2.45) is 94.7 Å². The number of hydrogen-bond acceptors (Lipinski definition) is 12. The lowest BCUT2D eigenvalue weighted by Crippen LogP contribution is -2.24. The van der Waals surface area contributed by atoms with Crippen LogP contribution in [-0.4, -0.2) is 146 Å². The fraction of sp³-hybridized carbons (Fsp3) is 0.368. The molecule has 0 bridgehead atoms. The average Bonchev–Trinajstić information content (AvgIpc) is 1.60. The van der Waals surface area contributed by atoms with Gasteiger partial charge in [0, 0.05) is 75.1 Å². The second-order valence-corrected chi connectivity index (χ2v) is 46.2. The van der Waals surface area contributed by atoms with Gasteiger partial charge in [-0.2, -0.15) is 0 Å². The quantitative estimate of drug-likeness (QED) is 0.0866. The first-order valence-electron chi connectivity index (χ1n) is 55.0. The number of para-hydroxylation sites is 3. The number of hydrogen-bond donors (Lipinski definition) is 6. The van der Waals surface area contributed by atoms with Crippen molar-refractivity contribution in [3.8, 4) is 0 Å². The minimum atomic E-state index is -0.754. The summed E-state index contributed by atoms with van der Waals surface area (Å²) in [7, 11) is 6.72. The van der Waals surface area contributed by atoms with Gasteiger partial charge in [0.25, 0.3) is 0 Å². The Morgan fingerprint density at radius 3 is 1.06 bits per heavy atom. The highest BCUT2D eigenvalue weighted by molar-refractivity contribution is 5.95. The molecule has 16 unspecified atom stereocenters. The Kier molecular flexibility index (Phi) is 26.9. The van der Waals surface area contributed by atoms with Gasteiger partial charge < -0.3 is 59.6 Å². The number of nitrogens with zero attached hydrogens (tertiary/aromatic N) is 3. The molecule has 738 valence electrons. The number of benzene rings is 13. The highest BCUT2D eigenvalue weighted by atomic mass is 16.4. The molecule has 3 aromatic heterocycles. The van der Waals surface area contributed by atoms with Crippen LogP contribution in [0.5, 0.6) is 0 Å². The molecule has 12 nitrogen and oxygen atoms in total. The molecule has 0 spiro atoms. The van der Waals surface area contributed by atoms with Crippen LogP contribution in [0.4, 0.5) is 0 Å². The zero-order chi connectivity index (χ0) is 97.0. The Morgan fingerprint density at radius 1 is 0.255 bits per heavy atom. The molecule has 8 aliphatic carbocycles. The van der Waals surface area contributed by atoms with Crippen molar-refractivity contribution in [1.29, 1.82) is 0 Å². The minimum absolute atomic E-state index is 0.600. The van der Waals surface area contributed by atoms with E-state index in [1.165, 1.54) is 222 Å². The van der Waals surface area contributed by atoms with Crippen LogP contribution in [-0.2, 0) is 5.60 Å². The van der Waals surface area contributed by atoms with Gasteiger partial charge in [0.15, 0.2) is 0 Å². The Balaban J connectivity index is 0.0000000866. The van der Waals surface area contributed by atoms with Crippen LogP contribution < -0.4 is 26.6 Å². The van der Waals surface area contributed by atoms with Gasteiger partial charge in [-0.15, -0.1) is 0 Å². The summed E-state index contributed by atoms with van der Waals surface area (Å²) in [5, 5.41) is 45.3. The first kappa shape index (κ1) is 94.1. The molecule has 6 N–H and O–H groups in total. The SMILES string of the molecule is C1=C(c2cc3ccccc3o2)CC2CNCC12.C1=C(c2ccc3ccccc3c2)CC2CNCC12.C1=C(c2cccc3ccccc23)CC2CNCC12.CN1CC2C=C(c3cc4ccccc4o3)CC2C1.CN1CC2C=C(c3ccc4ccccc4c3)CC2C1.CN1CC2CC(c3ccc4ccccc4c3)CC2C1.OC1(c2cc3ccccc3o2)CC2CNCC2C1.c1ccc2cc(C3CC4CNCC4C3)ccc2c1. The molecule has 16 aromatic rings. The van der Waals surface area contributed by atoms with E-state index in [9.17, 15) is 5.11 Å². The second kappa shape index (κ2) is 41.4. The van der Waals surface area contributed by atoms with Gasteiger partial charge in [-0.3, -0.25) is 0 Å². The molecular formula is C133H142N8O4. The van der Waals surface area contributed by atoms with Gasteiger partial charge >= 0.3 is 0 Å². The number of nitrogens with one attached hydrogen (secondary N) is 5. The van der Waals surface area contributed by atoms with Gasteiger partial charge in [0.1, 0.15) is 39.6 Å². The van der Waals surface area contributed by atoms with E-state index in [-0.39, 0.29) is 0 Å². The van der Waals surface area contributed by atoms with Crippen molar-refractivity contribution in [2.75, 3.05) is 126 Å². The van der Waals surface area contributed by atoms with Crippen molar-refractivity contribution in [1.82, 2.24) is 41.3 Å². The zero-order valence-corrected chi connectivity index (χ0v) is 84.8. The first-order valence-corrected chi connectivity index (χ1v) is 55.0. The van der Waals surface area contributed by atoms with Gasteiger partial charge in [-0.25, -0.2) is 0 Å². The molecule has 8 saturated heterocycles. The van der Waals surface area contributed by atoms with Crippen molar-refractivity contribution in [2.45, 2.75) is 88.1 Å². The Hall–Kier alpha value is -11.9. The maximum atomic E-state index is 10.8. The molecule has 11 heterocycles. The lowest BCUT2D eigenvalue weighted by Gasteiger charge is -2.20. The predicted octanol–water partition coefficient (Wildman–Crippen LogP) is 26.9. The lowest BCUT2D eigenvalue weighted by molar-refractivity contribution is 0.0155.